The Morgan fingerprint density at radius 3 is 0.643 bits per heavy atom. The third-order valence-electron chi connectivity index (χ3n) is 26.7. The standard InChI is InChI=1S/C32H36N2.C30H32N2.2C28H28N2/c1-6-23-19-28(17-21(3)30(23)33)32(5,29-18-22(4)31(34)24(7-2)20-29)27-15-13-26(14-16-27)25-11-9-8-10-12-25;1-19-15-26(16-20(2)28(19)31)30(5,27-17-21(3)29(32)22(4)18-27)25-13-11-24(12-14-25)23-9-7-6-8-10-23;1-19-9-15-26(29)24(17-19)28(3,25-18-20(2)10-16-27(25)30)23-13-11-22(12-14-23)21-7-5-4-6-8-21;1-19-17-24(13-15-26(19)29)28(3,25-14-16-27(30)20(2)18-25)23-11-9-22(10-12-23)21-7-5-4-6-8-21/h8-20H,6-7,33-34H2,1-5H3;6-18H,31-32H2,1-5H3;2*4-18H,29-30H2,1-3H3. The first-order chi connectivity index (χ1) is 60.3. The van der Waals surface area contributed by atoms with E-state index in [9.17, 15) is 0 Å². The van der Waals surface area contributed by atoms with Gasteiger partial charge in [0.25, 0.3) is 0 Å². The second-order valence-corrected chi connectivity index (χ2v) is 35.1. The van der Waals surface area contributed by atoms with Gasteiger partial charge in [-0.2, -0.15) is 0 Å². The molecule has 16 N–H and O–H groups in total. The van der Waals surface area contributed by atoms with E-state index in [1.165, 1.54) is 117 Å². The van der Waals surface area contributed by atoms with Crippen LogP contribution in [-0.4, -0.2) is 0 Å². The van der Waals surface area contributed by atoms with E-state index in [1.807, 2.05) is 42.5 Å². The molecule has 0 aliphatic rings. The zero-order valence-corrected chi connectivity index (χ0v) is 76.4. The normalized spacial score (nSPS) is 11.5. The summed E-state index contributed by atoms with van der Waals surface area (Å²) in [6.07, 6.45) is 1.81. The van der Waals surface area contributed by atoms with Gasteiger partial charge in [0.05, 0.1) is 0 Å². The van der Waals surface area contributed by atoms with Crippen molar-refractivity contribution in [2.24, 2.45) is 0 Å². The lowest BCUT2D eigenvalue weighted by Crippen LogP contribution is -2.28. The molecule has 0 fully saturated rings. The van der Waals surface area contributed by atoms with Crippen LogP contribution in [0.25, 0.3) is 44.5 Å². The van der Waals surface area contributed by atoms with Gasteiger partial charge in [0.2, 0.25) is 0 Å². The first-order valence-electron chi connectivity index (χ1n) is 43.9. The van der Waals surface area contributed by atoms with Crippen LogP contribution in [0.1, 0.15) is 175 Å². The average molecular weight is 1650 g/mol. The zero-order chi connectivity index (χ0) is 90.1. The molecule has 0 aliphatic heterocycles. The third-order valence-corrected chi connectivity index (χ3v) is 26.7. The lowest BCUT2D eigenvalue weighted by molar-refractivity contribution is 0.688. The Labute approximate surface area is 749 Å². The van der Waals surface area contributed by atoms with Gasteiger partial charge >= 0.3 is 0 Å². The molecule has 8 heteroatoms. The maximum absolute atomic E-state index is 6.52. The monoisotopic (exact) mass is 1650 g/mol. The largest absolute Gasteiger partial charge is 0.399 e. The van der Waals surface area contributed by atoms with E-state index in [-0.39, 0.29) is 16.2 Å². The Hall–Kier alpha value is -14.1. The molecule has 0 heterocycles. The summed E-state index contributed by atoms with van der Waals surface area (Å²) in [6, 6.07) is 121. The van der Waals surface area contributed by atoms with Crippen LogP contribution in [0.15, 0.2) is 340 Å². The quantitative estimate of drug-likeness (QED) is 0.0305. The van der Waals surface area contributed by atoms with Gasteiger partial charge in [0, 0.05) is 67.2 Å². The van der Waals surface area contributed by atoms with Gasteiger partial charge in [-0.25, -0.2) is 0 Å². The van der Waals surface area contributed by atoms with Crippen molar-refractivity contribution in [1.29, 1.82) is 0 Å². The van der Waals surface area contributed by atoms with E-state index in [1.54, 1.807) is 0 Å². The summed E-state index contributed by atoms with van der Waals surface area (Å²) in [6.45, 7) is 34.4. The highest BCUT2D eigenvalue weighted by molar-refractivity contribution is 5.74. The summed E-state index contributed by atoms with van der Waals surface area (Å²) in [5.74, 6) is 0. The van der Waals surface area contributed by atoms with Crippen molar-refractivity contribution in [2.75, 3.05) is 45.9 Å². The summed E-state index contributed by atoms with van der Waals surface area (Å²) in [5, 5.41) is 0. The molecule has 126 heavy (non-hydrogen) atoms. The van der Waals surface area contributed by atoms with Crippen LogP contribution in [0, 0.1) is 69.2 Å². The molecule has 0 atom stereocenters. The van der Waals surface area contributed by atoms with Gasteiger partial charge in [-0.05, 0) is 301 Å². The summed E-state index contributed by atoms with van der Waals surface area (Å²) in [5.41, 5.74) is 93.8. The summed E-state index contributed by atoms with van der Waals surface area (Å²) >= 11 is 0. The number of hydrogen-bond acceptors (Lipinski definition) is 8. The van der Waals surface area contributed by atoms with Crippen molar-refractivity contribution in [3.05, 3.63) is 473 Å². The fraction of sp³-hybridized carbons (Fsp3) is 0.186. The van der Waals surface area contributed by atoms with Crippen LogP contribution < -0.4 is 45.9 Å². The average Bonchev–Trinajstić information content (AvgIpc) is 0.754. The topological polar surface area (TPSA) is 208 Å². The van der Waals surface area contributed by atoms with E-state index >= 15 is 0 Å². The number of hydrogen-bond donors (Lipinski definition) is 8. The van der Waals surface area contributed by atoms with Crippen molar-refractivity contribution in [3.63, 3.8) is 0 Å². The molecule has 16 aromatic carbocycles. The van der Waals surface area contributed by atoms with Gasteiger partial charge in [0.1, 0.15) is 0 Å². The van der Waals surface area contributed by atoms with E-state index in [4.69, 9.17) is 45.9 Å². The maximum atomic E-state index is 6.52. The highest BCUT2D eigenvalue weighted by Gasteiger charge is 2.38. The number of benzene rings is 16. The molecule has 636 valence electrons. The minimum atomic E-state index is -0.471. The minimum absolute atomic E-state index is 0.327. The Balaban J connectivity index is 0.000000144. The fourth-order valence-electron chi connectivity index (χ4n) is 18.1. The zero-order valence-electron chi connectivity index (χ0n) is 76.4. The molecule has 0 aromatic heterocycles. The van der Waals surface area contributed by atoms with Crippen molar-refractivity contribution in [1.82, 2.24) is 0 Å². The second-order valence-electron chi connectivity index (χ2n) is 35.1. The van der Waals surface area contributed by atoms with Crippen LogP contribution in [0.3, 0.4) is 0 Å². The van der Waals surface area contributed by atoms with Crippen molar-refractivity contribution in [3.8, 4) is 44.5 Å². The summed E-state index contributed by atoms with van der Waals surface area (Å²) < 4.78 is 0. The van der Waals surface area contributed by atoms with E-state index in [0.717, 1.165) is 120 Å². The summed E-state index contributed by atoms with van der Waals surface area (Å²) in [4.78, 5) is 0. The third kappa shape index (κ3) is 18.4. The maximum Gasteiger partial charge on any atom is 0.0464 e. The van der Waals surface area contributed by atoms with Gasteiger partial charge in [-0.1, -0.05) is 340 Å². The molecule has 0 saturated heterocycles. The molecular formula is C118H124N8. The molecule has 0 radical (unpaired) electrons. The lowest BCUT2D eigenvalue weighted by Gasteiger charge is -2.34. The Morgan fingerprint density at radius 2 is 0.389 bits per heavy atom. The molecule has 0 amide bonds. The van der Waals surface area contributed by atoms with E-state index < -0.39 is 5.41 Å². The molecule has 16 aromatic rings. The van der Waals surface area contributed by atoms with Crippen LogP contribution >= 0.6 is 0 Å². The van der Waals surface area contributed by atoms with Crippen molar-refractivity contribution in [2.45, 2.75) is 145 Å². The van der Waals surface area contributed by atoms with Gasteiger partial charge in [0.15, 0.2) is 0 Å². The predicted molar refractivity (Wildman–Crippen MR) is 543 cm³/mol. The minimum Gasteiger partial charge on any atom is -0.399 e. The Bertz CT molecular complexity index is 6250. The second kappa shape index (κ2) is 38.0. The van der Waals surface area contributed by atoms with Gasteiger partial charge in [-0.3, -0.25) is 0 Å². The molecule has 8 nitrogen and oxygen atoms in total. The smallest absolute Gasteiger partial charge is 0.0464 e. The van der Waals surface area contributed by atoms with Gasteiger partial charge in [-0.15, -0.1) is 0 Å². The number of rotatable bonds is 18. The molecule has 0 saturated carbocycles. The number of aryl methyl sites for hydroxylation is 12. The first kappa shape index (κ1) is 89.7. The molecule has 16 rings (SSSR count). The molecule has 0 unspecified atom stereocenters. The van der Waals surface area contributed by atoms with Gasteiger partial charge < -0.3 is 45.9 Å². The van der Waals surface area contributed by atoms with Crippen LogP contribution in [0.2, 0.25) is 0 Å². The Morgan fingerprint density at radius 1 is 0.183 bits per heavy atom. The van der Waals surface area contributed by atoms with Crippen LogP contribution in [0.5, 0.6) is 0 Å². The van der Waals surface area contributed by atoms with E-state index in [0.29, 0.717) is 0 Å². The first-order valence-corrected chi connectivity index (χ1v) is 43.9. The lowest BCUT2D eigenvalue weighted by atomic mass is 9.69. The molecule has 0 spiro atoms. The van der Waals surface area contributed by atoms with E-state index in [2.05, 4.69) is 408 Å². The number of anilines is 8. The summed E-state index contributed by atoms with van der Waals surface area (Å²) in [7, 11) is 0. The highest BCUT2D eigenvalue weighted by atomic mass is 14.6. The Kier molecular flexibility index (Phi) is 27.0. The number of nitrogens with two attached hydrogens (primary N) is 8. The van der Waals surface area contributed by atoms with Crippen molar-refractivity contribution >= 4 is 45.5 Å². The SMILES string of the molecule is CCc1cc(C(C)(c2ccc(-c3ccccc3)cc2)c2cc(C)c(N)c(CC)c2)cc(C)c1N.Cc1cc(C(C)(c2ccc(-c3ccccc3)cc2)c2cc(C)c(N)c(C)c2)cc(C)c1N.Cc1cc(C(C)(c2ccc(-c3ccccc3)cc2)c2ccc(N)c(C)c2)ccc1N.Cc1ccc(N)c(C(C)(c2ccc(-c3ccccc3)cc2)c2cc(C)ccc2N)c1. The highest BCUT2D eigenvalue weighted by Crippen LogP contribution is 2.49. The van der Waals surface area contributed by atoms with Crippen molar-refractivity contribution < 1.29 is 0 Å². The molecule has 0 aliphatic carbocycles. The van der Waals surface area contributed by atoms with Crippen LogP contribution in [0.4, 0.5) is 45.5 Å². The van der Waals surface area contributed by atoms with Crippen LogP contribution in [-0.2, 0) is 34.5 Å². The molecular weight excluding hydrogens is 1530 g/mol. The number of nitrogen functional groups attached to an aromatic ring is 8. The predicted octanol–water partition coefficient (Wildman–Crippen LogP) is 27.7. The molecule has 0 bridgehead atoms. The fourth-order valence-corrected chi connectivity index (χ4v) is 18.1.